The predicted octanol–water partition coefficient (Wildman–Crippen LogP) is 5.47. The summed E-state index contributed by atoms with van der Waals surface area (Å²) in [5.41, 5.74) is 0.635. The van der Waals surface area contributed by atoms with E-state index in [1.807, 2.05) is 0 Å². The Morgan fingerprint density at radius 2 is 1.37 bits per heavy atom. The number of benzene rings is 1. The predicted molar refractivity (Wildman–Crippen MR) is 116 cm³/mol. The first kappa shape index (κ1) is 27.8. The van der Waals surface area contributed by atoms with Crippen LogP contribution in [0.3, 0.4) is 0 Å². The van der Waals surface area contributed by atoms with Crippen LogP contribution in [0.25, 0.3) is 0 Å². The second kappa shape index (κ2) is 14.7. The van der Waals surface area contributed by atoms with Crippen molar-refractivity contribution >= 4 is 10.1 Å². The second-order valence-electron chi connectivity index (χ2n) is 8.15. The van der Waals surface area contributed by atoms with Gasteiger partial charge in [-0.3, -0.25) is 0 Å². The van der Waals surface area contributed by atoms with Crippen molar-refractivity contribution in [2.75, 3.05) is 0 Å². The summed E-state index contributed by atoms with van der Waals surface area (Å²) < 4.78 is 54.5. The molecule has 0 unspecified atom stereocenters. The van der Waals surface area contributed by atoms with Crippen LogP contribution >= 0.6 is 0 Å². The number of hydrogen-bond donors (Lipinski definition) is 2. The van der Waals surface area contributed by atoms with Crippen LogP contribution in [-0.4, -0.2) is 21.9 Å². The van der Waals surface area contributed by atoms with Gasteiger partial charge >= 0.3 is 156 Å². The summed E-state index contributed by atoms with van der Waals surface area (Å²) in [6, 6.07) is 6.58. The Bertz CT molecular complexity index is 691. The van der Waals surface area contributed by atoms with Crippen LogP contribution in [0.15, 0.2) is 29.2 Å². The molecule has 0 heterocycles. The van der Waals surface area contributed by atoms with Crippen LogP contribution in [0, 0.1) is 0 Å². The van der Waals surface area contributed by atoms with Crippen molar-refractivity contribution in [3.05, 3.63) is 29.8 Å². The van der Waals surface area contributed by atoms with Crippen molar-refractivity contribution in [1.82, 2.24) is 0 Å². The molecule has 1 rings (SSSR count). The van der Waals surface area contributed by atoms with Gasteiger partial charge in [0.05, 0.1) is 0 Å². The van der Waals surface area contributed by atoms with Crippen LogP contribution < -0.4 is 0 Å². The molecule has 0 saturated heterocycles. The fourth-order valence-electron chi connectivity index (χ4n) is 3.45. The Morgan fingerprint density at radius 1 is 0.867 bits per heavy atom. The molecule has 0 radical (unpaired) electrons. The quantitative estimate of drug-likeness (QED) is 0.227. The first-order chi connectivity index (χ1) is 14.2. The Labute approximate surface area is 188 Å². The van der Waals surface area contributed by atoms with E-state index in [0.29, 0.717) is 12.0 Å². The van der Waals surface area contributed by atoms with Crippen LogP contribution in [0.2, 0.25) is 0 Å². The molecule has 2 N–H and O–H groups in total. The molecule has 0 aliphatic heterocycles. The van der Waals surface area contributed by atoms with E-state index in [9.17, 15) is 15.8 Å². The molecule has 8 heteroatoms. The molecule has 0 fully saturated rings. The molecule has 0 bridgehead atoms. The van der Waals surface area contributed by atoms with Crippen molar-refractivity contribution in [2.24, 2.45) is 0 Å². The first-order valence-corrected chi connectivity index (χ1v) is 15.4. The number of hydrogen-bond acceptors (Lipinski definition) is 6. The Kier molecular flexibility index (Phi) is 13.6. The van der Waals surface area contributed by atoms with Crippen LogP contribution in [0.1, 0.15) is 97.0 Å². The van der Waals surface area contributed by atoms with E-state index in [0.717, 1.165) is 19.3 Å². The van der Waals surface area contributed by atoms with E-state index in [2.05, 4.69) is 6.92 Å². The molecule has 0 aliphatic carbocycles. The van der Waals surface area contributed by atoms with Crippen LogP contribution in [-0.2, 0) is 40.8 Å². The molecular weight excluding hydrogens is 440 g/mol. The third kappa shape index (κ3) is 11.9. The van der Waals surface area contributed by atoms with Gasteiger partial charge in [0.15, 0.2) is 0 Å². The molecular formula is C22H40O6STi. The Balaban J connectivity index is 2.43. The van der Waals surface area contributed by atoms with E-state index in [-0.39, 0.29) is 4.90 Å². The molecule has 0 aliphatic rings. The summed E-state index contributed by atoms with van der Waals surface area (Å²) in [7, 11) is -4.30. The second-order valence-corrected chi connectivity index (χ2v) is 12.5. The summed E-state index contributed by atoms with van der Waals surface area (Å²) in [6.45, 7) is 5.41. The van der Waals surface area contributed by atoms with Gasteiger partial charge in [-0.2, -0.15) is 0 Å². The van der Waals surface area contributed by atoms with Crippen LogP contribution in [0.5, 0.6) is 0 Å². The van der Waals surface area contributed by atoms with Gasteiger partial charge in [0.1, 0.15) is 0 Å². The maximum absolute atomic E-state index is 12.6. The first-order valence-electron chi connectivity index (χ1n) is 11.3. The van der Waals surface area contributed by atoms with Crippen molar-refractivity contribution in [1.29, 1.82) is 0 Å². The fourth-order valence-corrected chi connectivity index (χ4v) is 7.50. The molecule has 6 nitrogen and oxygen atoms in total. The molecule has 1 aromatic carbocycles. The minimum absolute atomic E-state index is 0.0115. The van der Waals surface area contributed by atoms with Crippen LogP contribution in [0.4, 0.5) is 0 Å². The number of unbranched alkanes of at least 4 members (excludes halogenated alkanes) is 10. The van der Waals surface area contributed by atoms with Gasteiger partial charge in [-0.15, -0.1) is 0 Å². The van der Waals surface area contributed by atoms with Gasteiger partial charge in [0.25, 0.3) is 0 Å². The minimum atomic E-state index is -5.31. The number of rotatable bonds is 17. The topological polar surface area (TPSA) is 93.1 Å². The maximum atomic E-state index is 12.6. The van der Waals surface area contributed by atoms with Gasteiger partial charge in [-0.05, 0) is 0 Å². The average molecular weight is 480 g/mol. The van der Waals surface area contributed by atoms with Crippen molar-refractivity contribution in [2.45, 2.75) is 109 Å². The average Bonchev–Trinajstić information content (AvgIpc) is 2.64. The Hall–Kier alpha value is -0.276. The van der Waals surface area contributed by atoms with E-state index in [4.69, 9.17) is 6.08 Å². The normalized spacial score (nSPS) is 12.6. The molecule has 0 amide bonds. The number of aryl methyl sites for hydroxylation is 1. The van der Waals surface area contributed by atoms with E-state index in [1.165, 1.54) is 57.4 Å². The van der Waals surface area contributed by atoms with Gasteiger partial charge in [0, 0.05) is 0 Å². The molecule has 1 aromatic rings. The third-order valence-electron chi connectivity index (χ3n) is 4.90. The van der Waals surface area contributed by atoms with Gasteiger partial charge in [0.2, 0.25) is 0 Å². The van der Waals surface area contributed by atoms with Gasteiger partial charge in [-0.25, -0.2) is 0 Å². The molecule has 0 saturated carbocycles. The molecule has 0 spiro atoms. The summed E-state index contributed by atoms with van der Waals surface area (Å²) in [5.74, 6) is 0. The van der Waals surface area contributed by atoms with Crippen molar-refractivity contribution < 1.29 is 40.0 Å². The molecule has 30 heavy (non-hydrogen) atoms. The molecule has 0 aromatic heterocycles. The SMILES string of the molecule is CCCCCCCCCCCCCc1ccccc1S(=O)(=O)[O][Ti]([OH])([OH])[O]C(C)C. The summed E-state index contributed by atoms with van der Waals surface area (Å²) >= 11 is -5.31. The summed E-state index contributed by atoms with van der Waals surface area (Å²) in [4.78, 5) is -0.0115. The Morgan fingerprint density at radius 3 is 1.90 bits per heavy atom. The summed E-state index contributed by atoms with van der Waals surface area (Å²) in [5, 5.41) is 0. The standard InChI is InChI=1S/C19H32O3S.C3H7O.2H2O.Ti/c1-2-3-4-5-6-7-8-9-10-11-12-15-18-16-13-14-17-19(18)23(20,21)22;1-3(2)4;;;/h13-14,16-17H,2-12,15H2,1H3,(H,20,21,22);3H,1-2H3;2*1H2;/q;-1;;;+4/p-3. The third-order valence-corrected chi connectivity index (χ3v) is 9.53. The zero-order valence-electron chi connectivity index (χ0n) is 18.8. The van der Waals surface area contributed by atoms with Gasteiger partial charge in [-0.1, -0.05) is 32.6 Å². The molecule has 0 atom stereocenters. The summed E-state index contributed by atoms with van der Waals surface area (Å²) in [6.07, 6.45) is 13.6. The zero-order chi connectivity index (χ0) is 22.5. The van der Waals surface area contributed by atoms with Gasteiger partial charge < -0.3 is 0 Å². The fraction of sp³-hybridized carbons (Fsp3) is 0.727. The zero-order valence-corrected chi connectivity index (χ0v) is 21.2. The van der Waals surface area contributed by atoms with Crippen molar-refractivity contribution in [3.8, 4) is 0 Å². The van der Waals surface area contributed by atoms with Crippen molar-refractivity contribution in [3.63, 3.8) is 0 Å². The molecule has 174 valence electrons. The van der Waals surface area contributed by atoms with E-state index in [1.54, 1.807) is 32.0 Å². The monoisotopic (exact) mass is 480 g/mol. The van der Waals surface area contributed by atoms with E-state index < -0.39 is 34.4 Å². The van der Waals surface area contributed by atoms with E-state index >= 15 is 0 Å².